The fourth-order valence-corrected chi connectivity index (χ4v) is 9.31. The highest BCUT2D eigenvalue weighted by atomic mass is 32.2. The van der Waals surface area contributed by atoms with Crippen molar-refractivity contribution < 1.29 is 16.8 Å². The molecule has 1 aliphatic heterocycles. The topological polar surface area (TPSA) is 71.5 Å². The molecule has 1 aliphatic carbocycles. The van der Waals surface area contributed by atoms with Crippen LogP contribution in [0.15, 0.2) is 85.6 Å². The minimum atomic E-state index is -3.73. The lowest BCUT2D eigenvalue weighted by Crippen LogP contribution is -2.38. The van der Waals surface area contributed by atoms with Crippen LogP contribution >= 0.6 is 0 Å². The van der Waals surface area contributed by atoms with Crippen molar-refractivity contribution in [3.63, 3.8) is 0 Å². The molecule has 0 spiro atoms. The first-order chi connectivity index (χ1) is 14.9. The second-order valence-corrected chi connectivity index (χ2v) is 18.5. The van der Waals surface area contributed by atoms with Gasteiger partial charge in [0.1, 0.15) is 0 Å². The van der Waals surface area contributed by atoms with Crippen molar-refractivity contribution >= 4 is 27.9 Å². The van der Waals surface area contributed by atoms with Gasteiger partial charge in [-0.2, -0.15) is 4.31 Å². The van der Waals surface area contributed by atoms with Gasteiger partial charge in [-0.3, -0.25) is 0 Å². The number of allylic oxidation sites excluding steroid dienone is 1. The maximum absolute atomic E-state index is 13.5. The van der Waals surface area contributed by atoms with Crippen LogP contribution in [0.25, 0.3) is 0 Å². The van der Waals surface area contributed by atoms with Crippen LogP contribution in [0.3, 0.4) is 0 Å². The average Bonchev–Trinajstić information content (AvgIpc) is 2.85. The Labute approximate surface area is 192 Å². The van der Waals surface area contributed by atoms with Crippen LogP contribution in [-0.4, -0.2) is 42.3 Å². The molecule has 0 saturated heterocycles. The smallest absolute Gasteiger partial charge is 0.219 e. The second kappa shape index (κ2) is 8.09. The molecule has 0 aromatic heterocycles. The van der Waals surface area contributed by atoms with Gasteiger partial charge >= 0.3 is 0 Å². The maximum atomic E-state index is 13.5. The maximum Gasteiger partial charge on any atom is 0.243 e. The molecule has 0 unspecified atom stereocenters. The van der Waals surface area contributed by atoms with Gasteiger partial charge in [-0.1, -0.05) is 60.7 Å². The largest absolute Gasteiger partial charge is 0.243 e. The van der Waals surface area contributed by atoms with Crippen LogP contribution in [-0.2, 0) is 19.9 Å². The summed E-state index contributed by atoms with van der Waals surface area (Å²) in [5, 5.41) is 1.26. The third kappa shape index (κ3) is 4.05. The standard InChI is InChI=1S/C24H29NO4S2Si/c1-18-10-12-20(13-11-18)31(28,29)25-15-14-23(30(26,27)19-8-6-5-7-9-19)21-16-24(22(21)17-25)32(2,3)4/h5-13H,14-17H2,1-4H3. The third-order valence-electron chi connectivity index (χ3n) is 6.28. The van der Waals surface area contributed by atoms with Crippen LogP contribution in [0.2, 0.25) is 19.6 Å². The molecule has 5 nitrogen and oxygen atoms in total. The lowest BCUT2D eigenvalue weighted by atomic mass is 9.90. The molecule has 0 amide bonds. The van der Waals surface area contributed by atoms with E-state index in [9.17, 15) is 16.8 Å². The summed E-state index contributed by atoms with van der Waals surface area (Å²) >= 11 is 0. The summed E-state index contributed by atoms with van der Waals surface area (Å²) in [5.74, 6) is 0. The van der Waals surface area contributed by atoms with E-state index in [4.69, 9.17) is 0 Å². The SMILES string of the molecule is Cc1ccc(S(=O)(=O)N2CCC(S(=O)(=O)c3ccccc3)=C3CC([Si](C)(C)C)=C3C2)cc1. The molecule has 170 valence electrons. The lowest BCUT2D eigenvalue weighted by molar-refractivity contribution is 0.444. The number of rotatable bonds is 5. The predicted octanol–water partition coefficient (Wildman–Crippen LogP) is 4.70. The molecule has 8 heteroatoms. The van der Waals surface area contributed by atoms with Gasteiger partial charge in [0.15, 0.2) is 0 Å². The van der Waals surface area contributed by atoms with Crippen molar-refractivity contribution in [3.05, 3.63) is 81.4 Å². The number of hydrogen-bond acceptors (Lipinski definition) is 4. The Morgan fingerprint density at radius 2 is 1.44 bits per heavy atom. The Bertz CT molecular complexity index is 1320. The molecule has 0 fully saturated rings. The predicted molar refractivity (Wildman–Crippen MR) is 130 cm³/mol. The summed E-state index contributed by atoms with van der Waals surface area (Å²) in [6.45, 7) is 8.96. The van der Waals surface area contributed by atoms with Crippen molar-refractivity contribution in [2.75, 3.05) is 13.1 Å². The van der Waals surface area contributed by atoms with Crippen LogP contribution in [0.1, 0.15) is 18.4 Å². The Morgan fingerprint density at radius 3 is 2.03 bits per heavy atom. The van der Waals surface area contributed by atoms with Crippen molar-refractivity contribution in [1.29, 1.82) is 0 Å². The normalized spacial score (nSPS) is 18.2. The summed E-state index contributed by atoms with van der Waals surface area (Å²) in [6, 6.07) is 15.3. The molecular weight excluding hydrogens is 458 g/mol. The monoisotopic (exact) mass is 487 g/mol. The molecule has 4 rings (SSSR count). The zero-order valence-electron chi connectivity index (χ0n) is 18.9. The number of fused-ring (bicyclic) bond motifs is 1. The van der Waals surface area contributed by atoms with E-state index >= 15 is 0 Å². The first-order valence-electron chi connectivity index (χ1n) is 10.7. The van der Waals surface area contributed by atoms with Crippen molar-refractivity contribution in [2.45, 2.75) is 49.2 Å². The van der Waals surface area contributed by atoms with E-state index in [-0.39, 0.29) is 29.3 Å². The van der Waals surface area contributed by atoms with Crippen molar-refractivity contribution in [3.8, 4) is 0 Å². The average molecular weight is 488 g/mol. The summed E-state index contributed by atoms with van der Waals surface area (Å²) in [7, 11) is -9.14. The number of sulfonamides is 1. The Hall–Kier alpha value is -2.00. The van der Waals surface area contributed by atoms with Crippen LogP contribution in [0.5, 0.6) is 0 Å². The first-order valence-corrected chi connectivity index (χ1v) is 17.2. The van der Waals surface area contributed by atoms with E-state index in [2.05, 4.69) is 19.6 Å². The van der Waals surface area contributed by atoms with Gasteiger partial charge < -0.3 is 0 Å². The van der Waals surface area contributed by atoms with Gasteiger partial charge in [-0.25, -0.2) is 16.8 Å². The Kier molecular flexibility index (Phi) is 5.86. The van der Waals surface area contributed by atoms with E-state index in [1.807, 2.05) is 6.92 Å². The summed E-state index contributed by atoms with van der Waals surface area (Å²) < 4.78 is 55.4. The lowest BCUT2D eigenvalue weighted by Gasteiger charge is -2.37. The molecule has 0 radical (unpaired) electrons. The first kappa shape index (κ1) is 23.2. The number of nitrogens with zero attached hydrogens (tertiary/aromatic N) is 1. The fourth-order valence-electron chi connectivity index (χ4n) is 4.38. The van der Waals surface area contributed by atoms with Gasteiger partial charge in [-0.15, -0.1) is 0 Å². The number of sulfone groups is 1. The highest BCUT2D eigenvalue weighted by molar-refractivity contribution is 7.95. The van der Waals surface area contributed by atoms with Crippen LogP contribution in [0, 0.1) is 6.92 Å². The van der Waals surface area contributed by atoms with Gasteiger partial charge in [-0.05, 0) is 55.2 Å². The molecule has 2 aliphatic rings. The third-order valence-corrected chi connectivity index (χ3v) is 12.4. The van der Waals surface area contributed by atoms with E-state index in [0.29, 0.717) is 11.3 Å². The van der Waals surface area contributed by atoms with Gasteiger partial charge in [0, 0.05) is 13.1 Å². The fraction of sp³-hybridized carbons (Fsp3) is 0.333. The zero-order chi connectivity index (χ0) is 23.3. The number of benzene rings is 2. The van der Waals surface area contributed by atoms with Crippen molar-refractivity contribution in [1.82, 2.24) is 4.31 Å². The Morgan fingerprint density at radius 1 is 0.812 bits per heavy atom. The van der Waals surface area contributed by atoms with Gasteiger partial charge in [0.05, 0.1) is 22.8 Å². The second-order valence-electron chi connectivity index (χ2n) is 9.50. The quantitative estimate of drug-likeness (QED) is 0.574. The highest BCUT2D eigenvalue weighted by Crippen LogP contribution is 2.46. The van der Waals surface area contributed by atoms with Gasteiger partial charge in [0.2, 0.25) is 19.9 Å². The summed E-state index contributed by atoms with van der Waals surface area (Å²) in [6.07, 6.45) is 0.824. The molecule has 0 N–H and O–H groups in total. The number of aryl methyl sites for hydroxylation is 1. The van der Waals surface area contributed by atoms with Crippen LogP contribution < -0.4 is 0 Å². The zero-order valence-corrected chi connectivity index (χ0v) is 21.6. The molecule has 0 bridgehead atoms. The minimum Gasteiger partial charge on any atom is -0.219 e. The summed E-state index contributed by atoms with van der Waals surface area (Å²) in [4.78, 5) is 0.883. The Balaban J connectivity index is 1.81. The van der Waals surface area contributed by atoms with Crippen molar-refractivity contribution in [2.24, 2.45) is 0 Å². The molecule has 0 atom stereocenters. The van der Waals surface area contributed by atoms with Gasteiger partial charge in [0.25, 0.3) is 0 Å². The number of hydrogen-bond donors (Lipinski definition) is 0. The van der Waals surface area contributed by atoms with E-state index in [1.165, 1.54) is 9.50 Å². The molecule has 0 saturated carbocycles. The highest BCUT2D eigenvalue weighted by Gasteiger charge is 2.41. The van der Waals surface area contributed by atoms with E-state index in [0.717, 1.165) is 16.7 Å². The molecule has 2 aromatic rings. The molecule has 1 heterocycles. The molecule has 32 heavy (non-hydrogen) atoms. The molecular formula is C24H29NO4S2Si. The van der Waals surface area contributed by atoms with E-state index in [1.54, 1.807) is 54.6 Å². The minimum absolute atomic E-state index is 0.142. The van der Waals surface area contributed by atoms with Crippen LogP contribution in [0.4, 0.5) is 0 Å². The summed E-state index contributed by atoms with van der Waals surface area (Å²) in [5.41, 5.74) is 2.74. The molecule has 2 aromatic carbocycles. The van der Waals surface area contributed by atoms with E-state index < -0.39 is 27.9 Å².